The molecule has 0 aliphatic rings. The summed E-state index contributed by atoms with van der Waals surface area (Å²) in [5.74, 6) is 0. The van der Waals surface area contributed by atoms with Crippen molar-refractivity contribution >= 4 is 0 Å². The summed E-state index contributed by atoms with van der Waals surface area (Å²) >= 11 is 0. The number of ether oxygens (including phenoxy) is 1. The van der Waals surface area contributed by atoms with Crippen LogP contribution in [0, 0.1) is 0 Å². The Labute approximate surface area is 54.4 Å². The molecule has 0 heterocycles. The molecule has 0 radical (unpaired) electrons. The Morgan fingerprint density at radius 1 is 1.40 bits per heavy atom. The Hall–Kier alpha value is -0.360. The molecule has 1 unspecified atom stereocenters. The Bertz CT molecular complexity index is 91.7. The molecule has 0 amide bonds. The van der Waals surface area contributed by atoms with Gasteiger partial charge < -0.3 is 9.84 Å². The molecule has 62 valence electrons. The average molecular weight is 162 g/mol. The van der Waals surface area contributed by atoms with Gasteiger partial charge in [-0.15, -0.1) is 0 Å². The molecule has 0 saturated heterocycles. The van der Waals surface area contributed by atoms with Gasteiger partial charge in [-0.25, -0.2) is 4.39 Å². The first-order chi connectivity index (χ1) is 4.52. The van der Waals surface area contributed by atoms with Crippen molar-refractivity contribution in [1.82, 2.24) is 0 Å². The summed E-state index contributed by atoms with van der Waals surface area (Å²) in [6.07, 6.45) is -7.10. The highest BCUT2D eigenvalue weighted by Gasteiger charge is 2.40. The summed E-state index contributed by atoms with van der Waals surface area (Å²) in [6.45, 7) is -2.81. The molecule has 0 aromatic carbocycles. The molecule has 2 nitrogen and oxygen atoms in total. The van der Waals surface area contributed by atoms with Crippen LogP contribution in [-0.2, 0) is 4.74 Å². The summed E-state index contributed by atoms with van der Waals surface area (Å²) in [5.41, 5.74) is 0. The number of halogens is 4. The van der Waals surface area contributed by atoms with E-state index in [1.165, 1.54) is 0 Å². The molecule has 0 saturated carbocycles. The molecule has 10 heavy (non-hydrogen) atoms. The number of hydrogen-bond donors (Lipinski definition) is 1. The predicted octanol–water partition coefficient (Wildman–Crippen LogP) is 0.853. The van der Waals surface area contributed by atoms with Gasteiger partial charge in [-0.2, -0.15) is 13.2 Å². The summed E-state index contributed by atoms with van der Waals surface area (Å²) in [6, 6.07) is 0. The van der Waals surface area contributed by atoms with Crippen LogP contribution in [0.3, 0.4) is 0 Å². The van der Waals surface area contributed by atoms with Crippen molar-refractivity contribution in [3.05, 3.63) is 0 Å². The van der Waals surface area contributed by atoms with Crippen LogP contribution in [-0.4, -0.2) is 30.9 Å². The van der Waals surface area contributed by atoms with E-state index < -0.39 is 25.7 Å². The van der Waals surface area contributed by atoms with Gasteiger partial charge in [0.1, 0.15) is 0 Å². The molecule has 0 fully saturated rings. The highest BCUT2D eigenvalue weighted by molar-refractivity contribution is 4.64. The molecule has 0 rings (SSSR count). The standard InChI is InChI=1S/C4H6F4O2/c5-2-10-3(1-9)4(6,7)8/h3,9H,1-2H2. The van der Waals surface area contributed by atoms with Gasteiger partial charge in [-0.1, -0.05) is 0 Å². The molecule has 0 spiro atoms. The van der Waals surface area contributed by atoms with Crippen LogP contribution in [0.25, 0.3) is 0 Å². The Morgan fingerprint density at radius 3 is 2.00 bits per heavy atom. The fourth-order valence-corrected chi connectivity index (χ4v) is 0.327. The lowest BCUT2D eigenvalue weighted by molar-refractivity contribution is -0.238. The van der Waals surface area contributed by atoms with E-state index in [0.29, 0.717) is 0 Å². The van der Waals surface area contributed by atoms with Crippen LogP contribution >= 0.6 is 0 Å². The van der Waals surface area contributed by atoms with Gasteiger partial charge in [0.2, 0.25) is 0 Å². The van der Waals surface area contributed by atoms with Gasteiger partial charge in [-0.05, 0) is 0 Å². The second kappa shape index (κ2) is 3.72. The van der Waals surface area contributed by atoms with E-state index in [4.69, 9.17) is 5.11 Å². The monoisotopic (exact) mass is 162 g/mol. The van der Waals surface area contributed by atoms with Crippen molar-refractivity contribution in [1.29, 1.82) is 0 Å². The number of alkyl halides is 4. The summed E-state index contributed by atoms with van der Waals surface area (Å²) in [5, 5.41) is 7.98. The van der Waals surface area contributed by atoms with Crippen molar-refractivity contribution in [2.45, 2.75) is 12.3 Å². The fourth-order valence-electron chi connectivity index (χ4n) is 0.327. The van der Waals surface area contributed by atoms with E-state index in [0.717, 1.165) is 0 Å². The van der Waals surface area contributed by atoms with Crippen LogP contribution < -0.4 is 0 Å². The number of aliphatic hydroxyl groups excluding tert-OH is 1. The molecule has 0 aromatic rings. The lowest BCUT2D eigenvalue weighted by Gasteiger charge is -2.15. The van der Waals surface area contributed by atoms with Crippen LogP contribution in [0.5, 0.6) is 0 Å². The van der Waals surface area contributed by atoms with E-state index in [-0.39, 0.29) is 0 Å². The molecule has 1 atom stereocenters. The number of rotatable bonds is 3. The predicted molar refractivity (Wildman–Crippen MR) is 24.0 cm³/mol. The Balaban J connectivity index is 3.81. The van der Waals surface area contributed by atoms with E-state index >= 15 is 0 Å². The van der Waals surface area contributed by atoms with Crippen LogP contribution in [0.15, 0.2) is 0 Å². The zero-order valence-electron chi connectivity index (χ0n) is 4.86. The first-order valence-corrected chi connectivity index (χ1v) is 2.37. The first kappa shape index (κ1) is 9.64. The van der Waals surface area contributed by atoms with E-state index in [1.807, 2.05) is 0 Å². The van der Waals surface area contributed by atoms with Gasteiger partial charge in [0.05, 0.1) is 6.61 Å². The third-order valence-electron chi connectivity index (χ3n) is 0.795. The minimum absolute atomic E-state index is 1.26. The van der Waals surface area contributed by atoms with Crippen LogP contribution in [0.2, 0.25) is 0 Å². The highest BCUT2D eigenvalue weighted by Crippen LogP contribution is 2.22. The van der Waals surface area contributed by atoms with Gasteiger partial charge in [0.15, 0.2) is 13.0 Å². The van der Waals surface area contributed by atoms with Gasteiger partial charge in [0, 0.05) is 0 Å². The third-order valence-corrected chi connectivity index (χ3v) is 0.795. The van der Waals surface area contributed by atoms with Gasteiger partial charge >= 0.3 is 6.18 Å². The summed E-state index contributed by atoms with van der Waals surface area (Å²) in [4.78, 5) is 0. The molecule has 0 aliphatic heterocycles. The van der Waals surface area contributed by atoms with Crippen molar-refractivity contribution in [3.63, 3.8) is 0 Å². The third kappa shape index (κ3) is 2.98. The zero-order chi connectivity index (χ0) is 8.20. The summed E-state index contributed by atoms with van der Waals surface area (Å²) in [7, 11) is 0. The smallest absolute Gasteiger partial charge is 0.393 e. The molecular formula is C4H6F4O2. The lowest BCUT2D eigenvalue weighted by Crippen LogP contribution is -2.34. The second-order valence-electron chi connectivity index (χ2n) is 1.49. The number of hydrogen-bond acceptors (Lipinski definition) is 2. The molecule has 1 N–H and O–H groups in total. The lowest BCUT2D eigenvalue weighted by atomic mass is 10.4. The van der Waals surface area contributed by atoms with E-state index in [9.17, 15) is 17.6 Å². The molecule has 0 aliphatic carbocycles. The molecule has 0 aromatic heterocycles. The molecule has 6 heteroatoms. The SMILES string of the molecule is OCC(OCF)C(F)(F)F. The zero-order valence-corrected chi connectivity index (χ0v) is 4.86. The Morgan fingerprint density at radius 2 is 1.90 bits per heavy atom. The Kier molecular flexibility index (Phi) is 3.59. The largest absolute Gasteiger partial charge is 0.417 e. The quantitative estimate of drug-likeness (QED) is 0.623. The average Bonchev–Trinajstić information content (AvgIpc) is 1.80. The van der Waals surface area contributed by atoms with Gasteiger partial charge in [0.25, 0.3) is 0 Å². The maximum Gasteiger partial charge on any atom is 0.417 e. The van der Waals surface area contributed by atoms with Gasteiger partial charge in [-0.3, -0.25) is 0 Å². The normalized spacial score (nSPS) is 15.3. The summed E-state index contributed by atoms with van der Waals surface area (Å²) < 4.78 is 49.0. The highest BCUT2D eigenvalue weighted by atomic mass is 19.4. The minimum atomic E-state index is -4.69. The topological polar surface area (TPSA) is 29.5 Å². The van der Waals surface area contributed by atoms with Crippen molar-refractivity contribution in [2.24, 2.45) is 0 Å². The van der Waals surface area contributed by atoms with E-state index in [1.54, 1.807) is 0 Å². The van der Waals surface area contributed by atoms with Crippen molar-refractivity contribution in [2.75, 3.05) is 13.5 Å². The maximum atomic E-state index is 11.5. The molecule has 0 bridgehead atoms. The number of aliphatic hydroxyl groups is 1. The minimum Gasteiger partial charge on any atom is -0.393 e. The van der Waals surface area contributed by atoms with E-state index in [2.05, 4.69) is 4.74 Å². The second-order valence-corrected chi connectivity index (χ2v) is 1.49. The first-order valence-electron chi connectivity index (χ1n) is 2.37. The van der Waals surface area contributed by atoms with Crippen LogP contribution in [0.1, 0.15) is 0 Å². The maximum absolute atomic E-state index is 11.5. The van der Waals surface area contributed by atoms with Crippen LogP contribution in [0.4, 0.5) is 17.6 Å². The fraction of sp³-hybridized carbons (Fsp3) is 1.00. The molecular weight excluding hydrogens is 156 g/mol. The van der Waals surface area contributed by atoms with Crippen molar-refractivity contribution < 1.29 is 27.4 Å². The van der Waals surface area contributed by atoms with Crippen molar-refractivity contribution in [3.8, 4) is 0 Å².